The molecule has 0 saturated carbocycles. The molecular formula is C13H21NS. The van der Waals surface area contributed by atoms with E-state index in [0.717, 1.165) is 25.8 Å². The fourth-order valence-corrected chi connectivity index (χ4v) is 2.57. The number of aryl methyl sites for hydroxylation is 1. The molecule has 1 heterocycles. The quantitative estimate of drug-likeness (QED) is 0.575. The molecule has 0 spiro atoms. The smallest absolute Gasteiger partial charge is 0.00885 e. The monoisotopic (exact) mass is 223 g/mol. The highest BCUT2D eigenvalue weighted by molar-refractivity contribution is 7.12. The van der Waals surface area contributed by atoms with Gasteiger partial charge in [0.1, 0.15) is 0 Å². The van der Waals surface area contributed by atoms with Gasteiger partial charge in [0.2, 0.25) is 0 Å². The summed E-state index contributed by atoms with van der Waals surface area (Å²) in [7, 11) is 2.00. The van der Waals surface area contributed by atoms with Gasteiger partial charge in [-0.3, -0.25) is 0 Å². The maximum Gasteiger partial charge on any atom is 0.00885 e. The minimum Gasteiger partial charge on any atom is -0.319 e. The summed E-state index contributed by atoms with van der Waals surface area (Å²) in [6.45, 7) is 5.51. The lowest BCUT2D eigenvalue weighted by Crippen LogP contribution is -2.06. The average Bonchev–Trinajstić information content (AvgIpc) is 2.66. The van der Waals surface area contributed by atoms with Gasteiger partial charge >= 0.3 is 0 Å². The highest BCUT2D eigenvalue weighted by Gasteiger charge is 1.99. The number of hydrogen-bond acceptors (Lipinski definition) is 2. The molecule has 0 saturated heterocycles. The van der Waals surface area contributed by atoms with E-state index in [4.69, 9.17) is 0 Å². The lowest BCUT2D eigenvalue weighted by Gasteiger charge is -1.99. The van der Waals surface area contributed by atoms with Crippen LogP contribution in [0.5, 0.6) is 0 Å². The van der Waals surface area contributed by atoms with Crippen LogP contribution < -0.4 is 5.32 Å². The van der Waals surface area contributed by atoms with E-state index in [-0.39, 0.29) is 0 Å². The Morgan fingerprint density at radius 3 is 2.73 bits per heavy atom. The minimum absolute atomic E-state index is 1.07. The summed E-state index contributed by atoms with van der Waals surface area (Å²) in [5, 5.41) is 3.16. The van der Waals surface area contributed by atoms with Crippen molar-refractivity contribution in [1.29, 1.82) is 0 Å². The summed E-state index contributed by atoms with van der Waals surface area (Å²) < 4.78 is 0. The largest absolute Gasteiger partial charge is 0.319 e. The lowest BCUT2D eigenvalue weighted by molar-refractivity contribution is 0.803. The zero-order chi connectivity index (χ0) is 11.1. The van der Waals surface area contributed by atoms with Crippen LogP contribution >= 0.6 is 11.3 Å². The van der Waals surface area contributed by atoms with E-state index in [1.165, 1.54) is 15.3 Å². The van der Waals surface area contributed by atoms with E-state index in [9.17, 15) is 0 Å². The van der Waals surface area contributed by atoms with Gasteiger partial charge in [-0.25, -0.2) is 0 Å². The van der Waals surface area contributed by atoms with Crippen LogP contribution in [0.15, 0.2) is 23.8 Å². The Morgan fingerprint density at radius 1 is 1.40 bits per heavy atom. The first-order valence-electron chi connectivity index (χ1n) is 5.64. The Kier molecular flexibility index (Phi) is 5.66. The molecule has 0 amide bonds. The summed E-state index contributed by atoms with van der Waals surface area (Å²) in [6, 6.07) is 4.51. The SMILES string of the molecule is CCc1ccc(CC(C)=CCCNC)s1. The van der Waals surface area contributed by atoms with Crippen molar-refractivity contribution in [3.63, 3.8) is 0 Å². The normalized spacial score (nSPS) is 12.1. The van der Waals surface area contributed by atoms with Crippen LogP contribution in [0.1, 0.15) is 30.0 Å². The number of nitrogens with one attached hydrogen (secondary N) is 1. The van der Waals surface area contributed by atoms with Gasteiger partial charge in [0.25, 0.3) is 0 Å². The van der Waals surface area contributed by atoms with E-state index < -0.39 is 0 Å². The molecular weight excluding hydrogens is 202 g/mol. The molecule has 0 aliphatic rings. The maximum atomic E-state index is 3.16. The molecule has 0 fully saturated rings. The third kappa shape index (κ3) is 4.63. The lowest BCUT2D eigenvalue weighted by atomic mass is 10.1. The highest BCUT2D eigenvalue weighted by atomic mass is 32.1. The van der Waals surface area contributed by atoms with Gasteiger partial charge in [0, 0.05) is 16.2 Å². The number of hydrogen-bond donors (Lipinski definition) is 1. The van der Waals surface area contributed by atoms with Crippen LogP contribution in [0.25, 0.3) is 0 Å². The van der Waals surface area contributed by atoms with Crippen molar-refractivity contribution >= 4 is 11.3 Å². The summed E-state index contributed by atoms with van der Waals surface area (Å²) in [5.74, 6) is 0. The fraction of sp³-hybridized carbons (Fsp3) is 0.538. The second-order valence-electron chi connectivity index (χ2n) is 3.84. The molecule has 1 N–H and O–H groups in total. The average molecular weight is 223 g/mol. The molecule has 84 valence electrons. The predicted octanol–water partition coefficient (Wildman–Crippen LogP) is 3.41. The number of allylic oxidation sites excluding steroid dienone is 1. The van der Waals surface area contributed by atoms with Gasteiger partial charge in [-0.2, -0.15) is 0 Å². The van der Waals surface area contributed by atoms with Crippen LogP contribution in [0.2, 0.25) is 0 Å². The third-order valence-corrected chi connectivity index (χ3v) is 3.64. The Bertz CT molecular complexity index is 312. The Balaban J connectivity index is 2.43. The summed E-state index contributed by atoms with van der Waals surface area (Å²) in [6.07, 6.45) is 5.75. The van der Waals surface area contributed by atoms with Gasteiger partial charge in [-0.05, 0) is 45.5 Å². The third-order valence-electron chi connectivity index (χ3n) is 2.41. The van der Waals surface area contributed by atoms with Crippen molar-refractivity contribution in [2.45, 2.75) is 33.1 Å². The van der Waals surface area contributed by atoms with Crippen LogP contribution in [0.4, 0.5) is 0 Å². The highest BCUT2D eigenvalue weighted by Crippen LogP contribution is 2.19. The van der Waals surface area contributed by atoms with Crippen LogP contribution in [0, 0.1) is 0 Å². The predicted molar refractivity (Wildman–Crippen MR) is 69.7 cm³/mol. The second kappa shape index (κ2) is 6.81. The van der Waals surface area contributed by atoms with Crippen molar-refractivity contribution in [1.82, 2.24) is 5.32 Å². The molecule has 1 rings (SSSR count). The first kappa shape index (κ1) is 12.5. The molecule has 2 heteroatoms. The molecule has 1 aromatic rings. The van der Waals surface area contributed by atoms with Crippen LogP contribution in [-0.4, -0.2) is 13.6 Å². The van der Waals surface area contributed by atoms with E-state index in [0.29, 0.717) is 0 Å². The van der Waals surface area contributed by atoms with Gasteiger partial charge in [0.15, 0.2) is 0 Å². The first-order chi connectivity index (χ1) is 7.26. The molecule has 0 atom stereocenters. The van der Waals surface area contributed by atoms with Gasteiger partial charge in [0.05, 0.1) is 0 Å². The van der Waals surface area contributed by atoms with Gasteiger partial charge in [-0.15, -0.1) is 11.3 Å². The zero-order valence-electron chi connectivity index (χ0n) is 9.97. The number of rotatable bonds is 6. The minimum atomic E-state index is 1.07. The molecule has 0 aliphatic heterocycles. The topological polar surface area (TPSA) is 12.0 Å². The standard InChI is InChI=1S/C13H21NS/c1-4-12-7-8-13(15-12)10-11(2)6-5-9-14-3/h6-8,14H,4-5,9-10H2,1-3H3. The second-order valence-corrected chi connectivity index (χ2v) is 5.09. The van der Waals surface area contributed by atoms with Crippen LogP contribution in [-0.2, 0) is 12.8 Å². The van der Waals surface area contributed by atoms with E-state index in [2.05, 4.69) is 37.4 Å². The molecule has 0 radical (unpaired) electrons. The Labute approximate surface area is 97.2 Å². The Morgan fingerprint density at radius 2 is 2.13 bits per heavy atom. The van der Waals surface area contributed by atoms with E-state index in [1.54, 1.807) is 0 Å². The summed E-state index contributed by atoms with van der Waals surface area (Å²) in [4.78, 5) is 2.98. The molecule has 0 aliphatic carbocycles. The van der Waals surface area contributed by atoms with E-state index in [1.807, 2.05) is 18.4 Å². The van der Waals surface area contributed by atoms with E-state index >= 15 is 0 Å². The summed E-state index contributed by atoms with van der Waals surface area (Å²) >= 11 is 1.94. The number of thiophene rings is 1. The molecule has 1 nitrogen and oxygen atoms in total. The molecule has 0 bridgehead atoms. The van der Waals surface area contributed by atoms with Gasteiger partial charge in [-0.1, -0.05) is 18.6 Å². The molecule has 15 heavy (non-hydrogen) atoms. The van der Waals surface area contributed by atoms with Crippen molar-refractivity contribution in [3.05, 3.63) is 33.5 Å². The zero-order valence-corrected chi connectivity index (χ0v) is 10.8. The first-order valence-corrected chi connectivity index (χ1v) is 6.45. The Hall–Kier alpha value is -0.600. The van der Waals surface area contributed by atoms with Crippen LogP contribution in [0.3, 0.4) is 0 Å². The summed E-state index contributed by atoms with van der Waals surface area (Å²) in [5.41, 5.74) is 1.48. The van der Waals surface area contributed by atoms with Crippen molar-refractivity contribution in [2.24, 2.45) is 0 Å². The van der Waals surface area contributed by atoms with Crippen molar-refractivity contribution in [3.8, 4) is 0 Å². The fourth-order valence-electron chi connectivity index (χ4n) is 1.52. The molecule has 0 aromatic carbocycles. The van der Waals surface area contributed by atoms with Gasteiger partial charge < -0.3 is 5.32 Å². The van der Waals surface area contributed by atoms with Crippen molar-refractivity contribution in [2.75, 3.05) is 13.6 Å². The maximum absolute atomic E-state index is 3.16. The van der Waals surface area contributed by atoms with Crippen molar-refractivity contribution < 1.29 is 0 Å². The molecule has 1 aromatic heterocycles. The molecule has 0 unspecified atom stereocenters.